The lowest BCUT2D eigenvalue weighted by Gasteiger charge is -2.25. The molecule has 4 nitrogen and oxygen atoms in total. The normalized spacial score (nSPS) is 15.3. The summed E-state index contributed by atoms with van der Waals surface area (Å²) in [4.78, 5) is 18.6. The van der Waals surface area contributed by atoms with Crippen molar-refractivity contribution in [3.63, 3.8) is 0 Å². The molecule has 94 valence electrons. The van der Waals surface area contributed by atoms with E-state index in [1.54, 1.807) is 0 Å². The van der Waals surface area contributed by atoms with Gasteiger partial charge >= 0.3 is 0 Å². The van der Waals surface area contributed by atoms with Crippen LogP contribution in [0.2, 0.25) is 0 Å². The molecule has 0 spiro atoms. The summed E-state index contributed by atoms with van der Waals surface area (Å²) in [5.41, 5.74) is 6.07. The molecule has 1 aromatic rings. The lowest BCUT2D eigenvalue weighted by molar-refractivity contribution is 0.0685. The van der Waals surface area contributed by atoms with Crippen LogP contribution in [0.15, 0.2) is 5.38 Å². The summed E-state index contributed by atoms with van der Waals surface area (Å²) in [6.07, 6.45) is 3.01. The molecule has 5 heteroatoms. The van der Waals surface area contributed by atoms with Crippen molar-refractivity contribution in [2.24, 2.45) is 5.73 Å². The van der Waals surface area contributed by atoms with E-state index in [4.69, 9.17) is 5.73 Å². The van der Waals surface area contributed by atoms with Gasteiger partial charge < -0.3 is 10.6 Å². The van der Waals surface area contributed by atoms with Gasteiger partial charge in [-0.05, 0) is 33.2 Å². The minimum atomic E-state index is 0.0713. The van der Waals surface area contributed by atoms with E-state index < -0.39 is 0 Å². The molecule has 1 fully saturated rings. The molecule has 0 radical (unpaired) electrons. The standard InChI is InChI=1S/C12H19N3OS/c1-8(2)15(9-3-4-9)12(16)10-7-17-11(14-10)5-6-13/h7-9H,3-6,13H2,1-2H3. The van der Waals surface area contributed by atoms with Gasteiger partial charge in [-0.2, -0.15) is 0 Å². The Morgan fingerprint density at radius 3 is 2.88 bits per heavy atom. The van der Waals surface area contributed by atoms with Crippen LogP contribution in [0.4, 0.5) is 0 Å². The van der Waals surface area contributed by atoms with Crippen molar-refractivity contribution >= 4 is 17.2 Å². The molecular formula is C12H19N3OS. The first-order valence-electron chi connectivity index (χ1n) is 6.10. The Kier molecular flexibility index (Phi) is 3.79. The fraction of sp³-hybridized carbons (Fsp3) is 0.667. The summed E-state index contributed by atoms with van der Waals surface area (Å²) >= 11 is 1.53. The third-order valence-electron chi connectivity index (χ3n) is 2.86. The van der Waals surface area contributed by atoms with Crippen LogP contribution in [0.1, 0.15) is 42.2 Å². The van der Waals surface area contributed by atoms with Gasteiger partial charge in [0.2, 0.25) is 0 Å². The van der Waals surface area contributed by atoms with Gasteiger partial charge in [0.25, 0.3) is 5.91 Å². The van der Waals surface area contributed by atoms with Crippen LogP contribution in [-0.2, 0) is 6.42 Å². The number of hydrogen-bond acceptors (Lipinski definition) is 4. The van der Waals surface area contributed by atoms with Crippen molar-refractivity contribution in [2.75, 3.05) is 6.54 Å². The molecule has 0 unspecified atom stereocenters. The van der Waals surface area contributed by atoms with Crippen molar-refractivity contribution in [1.29, 1.82) is 0 Å². The summed E-state index contributed by atoms with van der Waals surface area (Å²) < 4.78 is 0. The van der Waals surface area contributed by atoms with Crippen LogP contribution in [0, 0.1) is 0 Å². The van der Waals surface area contributed by atoms with Crippen molar-refractivity contribution < 1.29 is 4.79 Å². The number of amides is 1. The summed E-state index contributed by atoms with van der Waals surface area (Å²) in [5.74, 6) is 0.0713. The van der Waals surface area contributed by atoms with Crippen LogP contribution in [0.3, 0.4) is 0 Å². The van der Waals surface area contributed by atoms with E-state index in [9.17, 15) is 4.79 Å². The maximum Gasteiger partial charge on any atom is 0.273 e. The summed E-state index contributed by atoms with van der Waals surface area (Å²) in [6, 6.07) is 0.678. The largest absolute Gasteiger partial charge is 0.332 e. The molecule has 0 atom stereocenters. The highest BCUT2D eigenvalue weighted by atomic mass is 32.1. The molecule has 2 N–H and O–H groups in total. The molecule has 17 heavy (non-hydrogen) atoms. The molecule has 1 aromatic heterocycles. The maximum absolute atomic E-state index is 12.3. The molecule has 0 aliphatic heterocycles. The summed E-state index contributed by atoms with van der Waals surface area (Å²) in [6.45, 7) is 4.70. The molecule has 2 rings (SSSR count). The van der Waals surface area contributed by atoms with Gasteiger partial charge in [-0.1, -0.05) is 0 Å². The predicted molar refractivity (Wildman–Crippen MR) is 69.2 cm³/mol. The van der Waals surface area contributed by atoms with Gasteiger partial charge in [-0.25, -0.2) is 4.98 Å². The minimum absolute atomic E-state index is 0.0713. The SMILES string of the molecule is CC(C)N(C(=O)c1csc(CCN)n1)C1CC1. The summed E-state index contributed by atoms with van der Waals surface area (Å²) in [7, 11) is 0. The number of nitrogens with zero attached hydrogens (tertiary/aromatic N) is 2. The Balaban J connectivity index is 2.11. The van der Waals surface area contributed by atoms with Crippen LogP contribution in [0.5, 0.6) is 0 Å². The highest BCUT2D eigenvalue weighted by molar-refractivity contribution is 7.09. The molecule has 0 aromatic carbocycles. The van der Waals surface area contributed by atoms with E-state index in [0.29, 0.717) is 18.3 Å². The third-order valence-corrected chi connectivity index (χ3v) is 3.77. The number of rotatable bonds is 5. The Hall–Kier alpha value is -0.940. The molecule has 1 saturated carbocycles. The van der Waals surface area contributed by atoms with Gasteiger partial charge in [-0.15, -0.1) is 11.3 Å². The molecule has 1 aliphatic carbocycles. The zero-order valence-electron chi connectivity index (χ0n) is 10.3. The molecule has 1 heterocycles. The fourth-order valence-electron chi connectivity index (χ4n) is 1.95. The maximum atomic E-state index is 12.3. The average molecular weight is 253 g/mol. The zero-order valence-corrected chi connectivity index (χ0v) is 11.2. The second-order valence-corrected chi connectivity index (χ2v) is 5.65. The van der Waals surface area contributed by atoms with Crippen molar-refractivity contribution in [3.05, 3.63) is 16.1 Å². The Labute approximate surface area is 106 Å². The van der Waals surface area contributed by atoms with E-state index in [2.05, 4.69) is 18.8 Å². The second-order valence-electron chi connectivity index (χ2n) is 4.70. The number of carbonyl (C=O) groups excluding carboxylic acids is 1. The molecule has 0 saturated heterocycles. The number of carbonyl (C=O) groups is 1. The van der Waals surface area contributed by atoms with Gasteiger partial charge in [-0.3, -0.25) is 4.79 Å². The number of hydrogen-bond donors (Lipinski definition) is 1. The number of aromatic nitrogens is 1. The van der Waals surface area contributed by atoms with Crippen LogP contribution >= 0.6 is 11.3 Å². The first kappa shape index (κ1) is 12.5. The van der Waals surface area contributed by atoms with Crippen molar-refractivity contribution in [3.8, 4) is 0 Å². The van der Waals surface area contributed by atoms with Crippen LogP contribution in [0.25, 0.3) is 0 Å². The monoisotopic (exact) mass is 253 g/mol. The quantitative estimate of drug-likeness (QED) is 0.868. The van der Waals surface area contributed by atoms with Crippen LogP contribution < -0.4 is 5.73 Å². The highest BCUT2D eigenvalue weighted by Crippen LogP contribution is 2.30. The van der Waals surface area contributed by atoms with Gasteiger partial charge in [0.15, 0.2) is 0 Å². The first-order chi connectivity index (χ1) is 8.13. The lowest BCUT2D eigenvalue weighted by Crippen LogP contribution is -2.38. The Morgan fingerprint density at radius 2 is 2.35 bits per heavy atom. The van der Waals surface area contributed by atoms with Crippen molar-refractivity contribution in [2.45, 2.75) is 45.2 Å². The van der Waals surface area contributed by atoms with E-state index in [0.717, 1.165) is 24.3 Å². The topological polar surface area (TPSA) is 59.2 Å². The summed E-state index contributed by atoms with van der Waals surface area (Å²) in [5, 5.41) is 2.81. The lowest BCUT2D eigenvalue weighted by atomic mass is 10.2. The van der Waals surface area contributed by atoms with Gasteiger partial charge in [0.1, 0.15) is 5.69 Å². The molecular weight excluding hydrogens is 234 g/mol. The smallest absolute Gasteiger partial charge is 0.273 e. The molecule has 0 bridgehead atoms. The third kappa shape index (κ3) is 2.84. The predicted octanol–water partition coefficient (Wildman–Crippen LogP) is 1.66. The highest BCUT2D eigenvalue weighted by Gasteiger charge is 2.35. The van der Waals surface area contributed by atoms with E-state index in [1.807, 2.05) is 10.3 Å². The second kappa shape index (κ2) is 5.14. The minimum Gasteiger partial charge on any atom is -0.332 e. The zero-order chi connectivity index (χ0) is 12.4. The number of nitrogens with two attached hydrogens (primary N) is 1. The molecule has 1 amide bonds. The van der Waals surface area contributed by atoms with Crippen LogP contribution in [-0.4, -0.2) is 34.4 Å². The number of thiazole rings is 1. The van der Waals surface area contributed by atoms with E-state index >= 15 is 0 Å². The Morgan fingerprint density at radius 1 is 1.65 bits per heavy atom. The van der Waals surface area contributed by atoms with Crippen molar-refractivity contribution in [1.82, 2.24) is 9.88 Å². The molecule has 1 aliphatic rings. The first-order valence-corrected chi connectivity index (χ1v) is 6.98. The van der Waals surface area contributed by atoms with Gasteiger partial charge in [0, 0.05) is 23.9 Å². The van der Waals surface area contributed by atoms with E-state index in [-0.39, 0.29) is 11.9 Å². The average Bonchev–Trinajstić information content (AvgIpc) is 2.97. The Bertz CT molecular complexity index is 396. The fourth-order valence-corrected chi connectivity index (χ4v) is 2.74. The van der Waals surface area contributed by atoms with Gasteiger partial charge in [0.05, 0.1) is 5.01 Å². The van der Waals surface area contributed by atoms with E-state index in [1.165, 1.54) is 11.3 Å².